The van der Waals surface area contributed by atoms with Crippen LogP contribution in [0, 0.1) is 0 Å². The maximum absolute atomic E-state index is 5.52. The van der Waals surface area contributed by atoms with Gasteiger partial charge >= 0.3 is 0 Å². The van der Waals surface area contributed by atoms with Crippen molar-refractivity contribution in [1.82, 2.24) is 9.61 Å². The molecule has 0 bridgehead atoms. The SMILES string of the molecule is c1cc2ccc(OCC3CO3)cn2n1. The zero-order chi connectivity index (χ0) is 9.38. The number of rotatable bonds is 3. The third-order valence-electron chi connectivity index (χ3n) is 2.21. The molecule has 3 rings (SSSR count). The lowest BCUT2D eigenvalue weighted by molar-refractivity contribution is 0.262. The van der Waals surface area contributed by atoms with Gasteiger partial charge in [-0.2, -0.15) is 5.10 Å². The summed E-state index contributed by atoms with van der Waals surface area (Å²) in [4.78, 5) is 0. The van der Waals surface area contributed by atoms with Crippen LogP contribution in [0.3, 0.4) is 0 Å². The molecule has 0 spiro atoms. The van der Waals surface area contributed by atoms with E-state index in [1.807, 2.05) is 24.4 Å². The second-order valence-electron chi connectivity index (χ2n) is 3.33. The number of hydrogen-bond donors (Lipinski definition) is 0. The van der Waals surface area contributed by atoms with Crippen molar-refractivity contribution in [3.8, 4) is 5.75 Å². The maximum atomic E-state index is 5.52. The van der Waals surface area contributed by atoms with E-state index < -0.39 is 0 Å². The first-order valence-corrected chi connectivity index (χ1v) is 4.60. The molecule has 14 heavy (non-hydrogen) atoms. The van der Waals surface area contributed by atoms with Crippen LogP contribution in [-0.2, 0) is 4.74 Å². The van der Waals surface area contributed by atoms with Crippen LogP contribution in [0.1, 0.15) is 0 Å². The third kappa shape index (κ3) is 1.44. The van der Waals surface area contributed by atoms with E-state index in [9.17, 15) is 0 Å². The van der Waals surface area contributed by atoms with Crippen molar-refractivity contribution in [2.45, 2.75) is 6.10 Å². The zero-order valence-electron chi connectivity index (χ0n) is 7.59. The third-order valence-corrected chi connectivity index (χ3v) is 2.21. The summed E-state index contributed by atoms with van der Waals surface area (Å²) in [6.45, 7) is 1.46. The molecule has 1 saturated heterocycles. The first-order chi connectivity index (χ1) is 6.92. The minimum atomic E-state index is 0.295. The van der Waals surface area contributed by atoms with Gasteiger partial charge in [0, 0.05) is 6.20 Å². The molecule has 0 aromatic carbocycles. The van der Waals surface area contributed by atoms with Gasteiger partial charge in [0.1, 0.15) is 18.5 Å². The molecule has 1 unspecified atom stereocenters. The Hall–Kier alpha value is -1.55. The lowest BCUT2D eigenvalue weighted by Crippen LogP contribution is -2.04. The topological polar surface area (TPSA) is 39.1 Å². The van der Waals surface area contributed by atoms with Crippen LogP contribution in [0.25, 0.3) is 5.52 Å². The minimum Gasteiger partial charge on any atom is -0.489 e. The predicted octanol–water partition coefficient (Wildman–Crippen LogP) is 1.11. The standard InChI is InChI=1S/C10H10N2O2/c1-2-9(13-6-10-7-14-10)5-12-8(1)3-4-11-12/h1-5,10H,6-7H2. The fourth-order valence-corrected chi connectivity index (χ4v) is 1.33. The fourth-order valence-electron chi connectivity index (χ4n) is 1.33. The van der Waals surface area contributed by atoms with Crippen LogP contribution in [0.5, 0.6) is 5.75 Å². The van der Waals surface area contributed by atoms with Crippen molar-refractivity contribution >= 4 is 5.52 Å². The molecule has 4 heteroatoms. The van der Waals surface area contributed by atoms with E-state index in [4.69, 9.17) is 9.47 Å². The first-order valence-electron chi connectivity index (χ1n) is 4.60. The maximum Gasteiger partial charge on any atom is 0.137 e. The van der Waals surface area contributed by atoms with Gasteiger partial charge in [0.05, 0.1) is 18.3 Å². The summed E-state index contributed by atoms with van der Waals surface area (Å²) in [6.07, 6.45) is 3.93. The van der Waals surface area contributed by atoms with Crippen LogP contribution in [-0.4, -0.2) is 28.9 Å². The average Bonchev–Trinajstić information content (AvgIpc) is 2.92. The van der Waals surface area contributed by atoms with Crippen molar-refractivity contribution in [2.75, 3.05) is 13.2 Å². The number of hydrogen-bond acceptors (Lipinski definition) is 3. The molecule has 0 amide bonds. The van der Waals surface area contributed by atoms with Gasteiger partial charge in [0.25, 0.3) is 0 Å². The molecule has 0 aliphatic carbocycles. The summed E-state index contributed by atoms with van der Waals surface area (Å²) >= 11 is 0. The van der Waals surface area contributed by atoms with Gasteiger partial charge in [-0.05, 0) is 18.2 Å². The monoisotopic (exact) mass is 190 g/mol. The van der Waals surface area contributed by atoms with E-state index in [-0.39, 0.29) is 0 Å². The molecule has 0 saturated carbocycles. The van der Waals surface area contributed by atoms with E-state index in [0.29, 0.717) is 12.7 Å². The Morgan fingerprint density at radius 2 is 2.43 bits per heavy atom. The van der Waals surface area contributed by atoms with Crippen molar-refractivity contribution in [3.63, 3.8) is 0 Å². The van der Waals surface area contributed by atoms with E-state index >= 15 is 0 Å². The molecular formula is C10H10N2O2. The number of ether oxygens (including phenoxy) is 2. The normalized spacial score (nSPS) is 19.9. The molecule has 3 heterocycles. The second-order valence-corrected chi connectivity index (χ2v) is 3.33. The number of fused-ring (bicyclic) bond motifs is 1. The highest BCUT2D eigenvalue weighted by molar-refractivity contribution is 5.47. The van der Waals surface area contributed by atoms with Crippen LogP contribution < -0.4 is 4.74 Å². The van der Waals surface area contributed by atoms with Crippen LogP contribution >= 0.6 is 0 Å². The molecule has 1 aliphatic heterocycles. The number of epoxide rings is 1. The molecule has 0 radical (unpaired) electrons. The quantitative estimate of drug-likeness (QED) is 0.680. The van der Waals surface area contributed by atoms with Gasteiger partial charge in [0.15, 0.2) is 0 Å². The van der Waals surface area contributed by atoms with E-state index in [1.165, 1.54) is 0 Å². The molecule has 2 aromatic heterocycles. The van der Waals surface area contributed by atoms with Crippen molar-refractivity contribution < 1.29 is 9.47 Å². The van der Waals surface area contributed by atoms with Crippen molar-refractivity contribution in [3.05, 3.63) is 30.6 Å². The highest BCUT2D eigenvalue weighted by Gasteiger charge is 2.23. The molecule has 0 N–H and O–H groups in total. The Morgan fingerprint density at radius 1 is 1.50 bits per heavy atom. The molecule has 72 valence electrons. The van der Waals surface area contributed by atoms with Crippen LogP contribution in [0.4, 0.5) is 0 Å². The largest absolute Gasteiger partial charge is 0.489 e. The lowest BCUT2D eigenvalue weighted by Gasteiger charge is -2.03. The smallest absolute Gasteiger partial charge is 0.137 e. The summed E-state index contributed by atoms with van der Waals surface area (Å²) < 4.78 is 12.4. The summed E-state index contributed by atoms with van der Waals surface area (Å²) in [5, 5.41) is 4.13. The summed E-state index contributed by atoms with van der Waals surface area (Å²) in [7, 11) is 0. The second kappa shape index (κ2) is 2.99. The van der Waals surface area contributed by atoms with E-state index in [2.05, 4.69) is 5.10 Å². The summed E-state index contributed by atoms with van der Waals surface area (Å²) in [5.41, 5.74) is 1.07. The van der Waals surface area contributed by atoms with Gasteiger partial charge in [-0.15, -0.1) is 0 Å². The van der Waals surface area contributed by atoms with E-state index in [1.54, 1.807) is 10.7 Å². The number of nitrogens with zero attached hydrogens (tertiary/aromatic N) is 2. The molecule has 1 aliphatic rings. The predicted molar refractivity (Wildman–Crippen MR) is 50.4 cm³/mol. The highest BCUT2D eigenvalue weighted by atomic mass is 16.6. The van der Waals surface area contributed by atoms with Gasteiger partial charge in [-0.1, -0.05) is 0 Å². The van der Waals surface area contributed by atoms with Gasteiger partial charge < -0.3 is 9.47 Å². The number of aromatic nitrogens is 2. The number of pyridine rings is 1. The Morgan fingerprint density at radius 3 is 3.29 bits per heavy atom. The summed E-state index contributed by atoms with van der Waals surface area (Å²) in [5.74, 6) is 0.830. The van der Waals surface area contributed by atoms with Gasteiger partial charge in [0.2, 0.25) is 0 Å². The van der Waals surface area contributed by atoms with Gasteiger partial charge in [-0.25, -0.2) is 4.52 Å². The molecule has 2 aromatic rings. The van der Waals surface area contributed by atoms with Crippen LogP contribution in [0.15, 0.2) is 30.6 Å². The Labute approximate surface area is 81.1 Å². The van der Waals surface area contributed by atoms with Crippen molar-refractivity contribution in [1.29, 1.82) is 0 Å². The lowest BCUT2D eigenvalue weighted by atomic mass is 10.4. The average molecular weight is 190 g/mol. The zero-order valence-corrected chi connectivity index (χ0v) is 7.59. The van der Waals surface area contributed by atoms with E-state index in [0.717, 1.165) is 17.9 Å². The molecule has 1 fully saturated rings. The first kappa shape index (κ1) is 7.82. The molecule has 1 atom stereocenters. The highest BCUT2D eigenvalue weighted by Crippen LogP contribution is 2.15. The van der Waals surface area contributed by atoms with Gasteiger partial charge in [-0.3, -0.25) is 0 Å². The fraction of sp³-hybridized carbons (Fsp3) is 0.300. The Kier molecular flexibility index (Phi) is 1.67. The summed E-state index contributed by atoms with van der Waals surface area (Å²) in [6, 6.07) is 5.88. The van der Waals surface area contributed by atoms with Crippen LogP contribution in [0.2, 0.25) is 0 Å². The Bertz CT molecular complexity index is 448. The molecule has 4 nitrogen and oxygen atoms in total. The van der Waals surface area contributed by atoms with Crippen molar-refractivity contribution in [2.24, 2.45) is 0 Å². The molecular weight excluding hydrogens is 180 g/mol. The Balaban J connectivity index is 1.81. The minimum absolute atomic E-state index is 0.295.